The lowest BCUT2D eigenvalue weighted by molar-refractivity contribution is 0.0470. The van der Waals surface area contributed by atoms with Crippen LogP contribution < -0.4 is 0 Å². The van der Waals surface area contributed by atoms with Crippen LogP contribution in [0.4, 0.5) is 4.39 Å². The summed E-state index contributed by atoms with van der Waals surface area (Å²) in [6, 6.07) is 4.35. The average Bonchev–Trinajstić information content (AvgIpc) is 2.32. The van der Waals surface area contributed by atoms with Crippen LogP contribution in [0, 0.1) is 5.82 Å². The minimum absolute atomic E-state index is 0.0356. The van der Waals surface area contributed by atoms with E-state index in [-0.39, 0.29) is 17.1 Å². The third kappa shape index (κ3) is 2.58. The van der Waals surface area contributed by atoms with Gasteiger partial charge in [-0.05, 0) is 25.0 Å². The highest BCUT2D eigenvalue weighted by atomic mass is 35.5. The number of piperidine rings is 1. The molecule has 1 aliphatic rings. The molecular weight excluding hydrogens is 245 g/mol. The van der Waals surface area contributed by atoms with Gasteiger partial charge in [-0.1, -0.05) is 17.7 Å². The van der Waals surface area contributed by atoms with Crippen molar-refractivity contribution in [3.8, 4) is 0 Å². The summed E-state index contributed by atoms with van der Waals surface area (Å²) >= 11 is 5.63. The van der Waals surface area contributed by atoms with Gasteiger partial charge in [0, 0.05) is 13.1 Å². The molecule has 1 unspecified atom stereocenters. The highest BCUT2D eigenvalue weighted by Gasteiger charge is 2.25. The van der Waals surface area contributed by atoms with Crippen molar-refractivity contribution in [3.05, 3.63) is 34.6 Å². The van der Waals surface area contributed by atoms with Gasteiger partial charge >= 0.3 is 0 Å². The van der Waals surface area contributed by atoms with E-state index < -0.39 is 17.8 Å². The van der Waals surface area contributed by atoms with Crippen molar-refractivity contribution < 1.29 is 14.3 Å². The molecule has 1 amide bonds. The standard InChI is InChI=1S/C12H13ClFNO2/c13-10-5-1-4-9(11(10)14)12(17)15-6-2-3-8(16)7-15/h1,4-5,8,16H,2-3,6-7H2. The number of halogens is 2. The van der Waals surface area contributed by atoms with E-state index in [0.29, 0.717) is 13.0 Å². The average molecular weight is 258 g/mol. The van der Waals surface area contributed by atoms with Gasteiger partial charge in [0.25, 0.3) is 5.91 Å². The van der Waals surface area contributed by atoms with Crippen molar-refractivity contribution >= 4 is 17.5 Å². The number of hydrogen-bond donors (Lipinski definition) is 1. The van der Waals surface area contributed by atoms with Gasteiger partial charge in [-0.2, -0.15) is 0 Å². The van der Waals surface area contributed by atoms with E-state index in [0.717, 1.165) is 6.42 Å². The maximum atomic E-state index is 13.7. The Kier molecular flexibility index (Phi) is 3.64. The van der Waals surface area contributed by atoms with Crippen LogP contribution in [0.25, 0.3) is 0 Å². The number of rotatable bonds is 1. The molecule has 0 saturated carbocycles. The molecule has 2 rings (SSSR count). The van der Waals surface area contributed by atoms with Gasteiger partial charge in [-0.15, -0.1) is 0 Å². The van der Waals surface area contributed by atoms with Crippen molar-refractivity contribution in [3.63, 3.8) is 0 Å². The third-order valence-electron chi connectivity index (χ3n) is 2.87. The zero-order chi connectivity index (χ0) is 12.4. The van der Waals surface area contributed by atoms with Crippen LogP contribution in [0.1, 0.15) is 23.2 Å². The smallest absolute Gasteiger partial charge is 0.256 e. The first-order valence-corrected chi connectivity index (χ1v) is 5.88. The first-order chi connectivity index (χ1) is 8.09. The predicted octanol–water partition coefficient (Wildman–Crippen LogP) is 2.08. The number of β-amino-alcohol motifs (C(OH)–C–C–N with tert-alkyl or cyclic N) is 1. The van der Waals surface area contributed by atoms with E-state index in [4.69, 9.17) is 11.6 Å². The van der Waals surface area contributed by atoms with Crippen LogP contribution in [-0.4, -0.2) is 35.1 Å². The number of likely N-dealkylation sites (tertiary alicyclic amines) is 1. The summed E-state index contributed by atoms with van der Waals surface area (Å²) in [6.45, 7) is 0.798. The number of carbonyl (C=O) groups excluding carboxylic acids is 1. The molecule has 1 N–H and O–H groups in total. The number of nitrogens with zero attached hydrogens (tertiary/aromatic N) is 1. The Bertz CT molecular complexity index is 439. The molecule has 0 aromatic heterocycles. The minimum Gasteiger partial charge on any atom is -0.391 e. The van der Waals surface area contributed by atoms with Gasteiger partial charge in [-0.25, -0.2) is 4.39 Å². The molecule has 1 heterocycles. The number of hydrogen-bond acceptors (Lipinski definition) is 2. The van der Waals surface area contributed by atoms with Crippen LogP contribution in [0.3, 0.4) is 0 Å². The monoisotopic (exact) mass is 257 g/mol. The third-order valence-corrected chi connectivity index (χ3v) is 3.16. The number of aliphatic hydroxyl groups excluding tert-OH is 1. The van der Waals surface area contributed by atoms with Gasteiger partial charge in [0.1, 0.15) is 0 Å². The number of carbonyl (C=O) groups is 1. The van der Waals surface area contributed by atoms with E-state index in [1.165, 1.54) is 17.0 Å². The first-order valence-electron chi connectivity index (χ1n) is 5.51. The lowest BCUT2D eigenvalue weighted by Crippen LogP contribution is -2.42. The van der Waals surface area contributed by atoms with Gasteiger partial charge in [-0.3, -0.25) is 4.79 Å². The highest BCUT2D eigenvalue weighted by Crippen LogP contribution is 2.21. The maximum absolute atomic E-state index is 13.7. The number of amides is 1. The molecule has 0 spiro atoms. The fourth-order valence-electron chi connectivity index (χ4n) is 1.98. The number of aliphatic hydroxyl groups is 1. The van der Waals surface area contributed by atoms with Crippen LogP contribution in [0.2, 0.25) is 5.02 Å². The van der Waals surface area contributed by atoms with Crippen molar-refractivity contribution in [2.75, 3.05) is 13.1 Å². The SMILES string of the molecule is O=C(c1cccc(Cl)c1F)N1CCCC(O)C1. The summed E-state index contributed by atoms with van der Waals surface area (Å²) in [6.07, 6.45) is 0.895. The van der Waals surface area contributed by atoms with Crippen molar-refractivity contribution in [2.45, 2.75) is 18.9 Å². The van der Waals surface area contributed by atoms with E-state index in [2.05, 4.69) is 0 Å². The molecule has 0 bridgehead atoms. The van der Waals surface area contributed by atoms with Crippen molar-refractivity contribution in [2.24, 2.45) is 0 Å². The molecule has 0 aliphatic carbocycles. The van der Waals surface area contributed by atoms with E-state index in [1.54, 1.807) is 6.07 Å². The van der Waals surface area contributed by atoms with Crippen LogP contribution >= 0.6 is 11.6 Å². The fraction of sp³-hybridized carbons (Fsp3) is 0.417. The Morgan fingerprint density at radius 2 is 2.29 bits per heavy atom. The van der Waals surface area contributed by atoms with Gasteiger partial charge < -0.3 is 10.0 Å². The Balaban J connectivity index is 2.22. The van der Waals surface area contributed by atoms with E-state index in [9.17, 15) is 14.3 Å². The second-order valence-corrected chi connectivity index (χ2v) is 4.56. The Hall–Kier alpha value is -1.13. The Labute approximate surface area is 104 Å². The molecule has 1 aromatic carbocycles. The summed E-state index contributed by atoms with van der Waals surface area (Å²) in [5, 5.41) is 9.42. The van der Waals surface area contributed by atoms with Crippen LogP contribution in [0.15, 0.2) is 18.2 Å². The van der Waals surface area contributed by atoms with Gasteiger partial charge in [0.05, 0.1) is 16.7 Å². The van der Waals surface area contributed by atoms with Crippen molar-refractivity contribution in [1.29, 1.82) is 0 Å². The predicted molar refractivity (Wildman–Crippen MR) is 62.6 cm³/mol. The van der Waals surface area contributed by atoms with E-state index >= 15 is 0 Å². The highest BCUT2D eigenvalue weighted by molar-refractivity contribution is 6.31. The number of benzene rings is 1. The second kappa shape index (κ2) is 5.02. The maximum Gasteiger partial charge on any atom is 0.256 e. The Morgan fingerprint density at radius 3 is 3.00 bits per heavy atom. The molecule has 3 nitrogen and oxygen atoms in total. The molecule has 1 aliphatic heterocycles. The zero-order valence-electron chi connectivity index (χ0n) is 9.20. The topological polar surface area (TPSA) is 40.5 Å². The molecule has 1 aromatic rings. The lowest BCUT2D eigenvalue weighted by atomic mass is 10.1. The minimum atomic E-state index is -0.695. The quantitative estimate of drug-likeness (QED) is 0.837. The summed E-state index contributed by atoms with van der Waals surface area (Å²) in [5.74, 6) is -1.11. The molecule has 1 saturated heterocycles. The summed E-state index contributed by atoms with van der Waals surface area (Å²) in [5.41, 5.74) is -0.0356. The summed E-state index contributed by atoms with van der Waals surface area (Å²) < 4.78 is 13.7. The molecule has 0 radical (unpaired) electrons. The second-order valence-electron chi connectivity index (χ2n) is 4.15. The van der Waals surface area contributed by atoms with Gasteiger partial charge in [0.15, 0.2) is 5.82 Å². The van der Waals surface area contributed by atoms with Gasteiger partial charge in [0.2, 0.25) is 0 Å². The van der Waals surface area contributed by atoms with Crippen LogP contribution in [0.5, 0.6) is 0 Å². The summed E-state index contributed by atoms with van der Waals surface area (Å²) in [7, 11) is 0. The molecule has 1 atom stereocenters. The molecule has 5 heteroatoms. The molecular formula is C12H13ClFNO2. The fourth-order valence-corrected chi connectivity index (χ4v) is 2.15. The first kappa shape index (κ1) is 12.3. The molecule has 1 fully saturated rings. The lowest BCUT2D eigenvalue weighted by Gasteiger charge is -2.30. The largest absolute Gasteiger partial charge is 0.391 e. The zero-order valence-corrected chi connectivity index (χ0v) is 9.95. The molecule has 17 heavy (non-hydrogen) atoms. The summed E-state index contributed by atoms with van der Waals surface area (Å²) in [4.78, 5) is 13.5. The molecule has 92 valence electrons. The van der Waals surface area contributed by atoms with E-state index in [1.807, 2.05) is 0 Å². The van der Waals surface area contributed by atoms with Crippen molar-refractivity contribution in [1.82, 2.24) is 4.90 Å². The normalized spacial score (nSPS) is 20.4. The van der Waals surface area contributed by atoms with Crippen LogP contribution in [-0.2, 0) is 0 Å². The Morgan fingerprint density at radius 1 is 1.53 bits per heavy atom.